The van der Waals surface area contributed by atoms with Gasteiger partial charge in [0.2, 0.25) is 0 Å². The summed E-state index contributed by atoms with van der Waals surface area (Å²) in [5, 5.41) is 0. The van der Waals surface area contributed by atoms with E-state index in [0.717, 1.165) is 24.2 Å². The SMILES string of the molecule is CS(=O)(=O)CC(N)CC12CC3CC(CC(C3)C1)C2. The summed E-state index contributed by atoms with van der Waals surface area (Å²) in [5.74, 6) is 2.92. The fourth-order valence-electron chi connectivity index (χ4n) is 5.54. The molecule has 1 atom stereocenters. The molecule has 0 aromatic rings. The number of rotatable bonds is 4. The van der Waals surface area contributed by atoms with E-state index in [9.17, 15) is 8.42 Å². The monoisotopic (exact) mass is 271 g/mol. The zero-order valence-electron chi connectivity index (χ0n) is 11.3. The summed E-state index contributed by atoms with van der Waals surface area (Å²) >= 11 is 0. The van der Waals surface area contributed by atoms with Gasteiger partial charge in [0.05, 0.1) is 5.75 Å². The molecule has 4 fully saturated rings. The van der Waals surface area contributed by atoms with Gasteiger partial charge in [0.1, 0.15) is 9.84 Å². The van der Waals surface area contributed by atoms with E-state index < -0.39 is 9.84 Å². The van der Waals surface area contributed by atoms with Crippen LogP contribution in [-0.2, 0) is 9.84 Å². The van der Waals surface area contributed by atoms with Crippen molar-refractivity contribution in [2.24, 2.45) is 28.9 Å². The van der Waals surface area contributed by atoms with Gasteiger partial charge in [0.25, 0.3) is 0 Å². The fourth-order valence-corrected chi connectivity index (χ4v) is 6.44. The minimum absolute atomic E-state index is 0.156. The van der Waals surface area contributed by atoms with Gasteiger partial charge in [-0.25, -0.2) is 8.42 Å². The molecular weight excluding hydrogens is 246 g/mol. The molecule has 2 N–H and O–H groups in total. The van der Waals surface area contributed by atoms with E-state index in [1.165, 1.54) is 44.8 Å². The predicted octanol–water partition coefficient (Wildman–Crippen LogP) is 1.96. The largest absolute Gasteiger partial charge is 0.327 e. The molecule has 4 rings (SSSR count). The zero-order chi connectivity index (χ0) is 13.0. The summed E-state index contributed by atoms with van der Waals surface area (Å²) in [6.07, 6.45) is 10.5. The van der Waals surface area contributed by atoms with Crippen LogP contribution in [0.4, 0.5) is 0 Å². The Morgan fingerprint density at radius 1 is 1.11 bits per heavy atom. The second-order valence-corrected chi connectivity index (χ2v) is 9.66. The Bertz CT molecular complexity index is 394. The Hall–Kier alpha value is -0.0900. The van der Waals surface area contributed by atoms with Gasteiger partial charge in [0.15, 0.2) is 0 Å². The van der Waals surface area contributed by atoms with Crippen LogP contribution in [0, 0.1) is 23.2 Å². The van der Waals surface area contributed by atoms with Crippen molar-refractivity contribution in [3.63, 3.8) is 0 Å². The minimum atomic E-state index is -2.93. The summed E-state index contributed by atoms with van der Waals surface area (Å²) in [4.78, 5) is 0. The van der Waals surface area contributed by atoms with Crippen LogP contribution in [0.15, 0.2) is 0 Å². The molecule has 4 saturated carbocycles. The molecule has 4 aliphatic carbocycles. The smallest absolute Gasteiger partial charge is 0.148 e. The van der Waals surface area contributed by atoms with Gasteiger partial charge in [-0.1, -0.05) is 0 Å². The topological polar surface area (TPSA) is 60.2 Å². The molecule has 104 valence electrons. The molecule has 4 aliphatic rings. The first-order valence-corrected chi connectivity index (χ1v) is 9.33. The van der Waals surface area contributed by atoms with Gasteiger partial charge in [0, 0.05) is 12.3 Å². The molecule has 0 aromatic heterocycles. The quantitative estimate of drug-likeness (QED) is 0.850. The molecule has 0 aromatic carbocycles. The lowest BCUT2D eigenvalue weighted by molar-refractivity contribution is -0.0594. The third-order valence-corrected chi connectivity index (χ3v) is 6.41. The average molecular weight is 271 g/mol. The van der Waals surface area contributed by atoms with E-state index in [-0.39, 0.29) is 11.8 Å². The van der Waals surface area contributed by atoms with Crippen molar-refractivity contribution in [2.75, 3.05) is 12.0 Å². The molecule has 4 bridgehead atoms. The third-order valence-electron chi connectivity index (χ3n) is 5.38. The normalized spacial score (nSPS) is 44.2. The second kappa shape index (κ2) is 4.20. The van der Waals surface area contributed by atoms with E-state index in [2.05, 4.69) is 0 Å². The molecule has 0 heterocycles. The number of hydrogen-bond donors (Lipinski definition) is 1. The van der Waals surface area contributed by atoms with Gasteiger partial charge in [-0.3, -0.25) is 0 Å². The third kappa shape index (κ3) is 2.60. The van der Waals surface area contributed by atoms with Crippen molar-refractivity contribution in [1.82, 2.24) is 0 Å². The maximum Gasteiger partial charge on any atom is 0.148 e. The van der Waals surface area contributed by atoms with Gasteiger partial charge < -0.3 is 5.73 Å². The van der Waals surface area contributed by atoms with E-state index >= 15 is 0 Å². The van der Waals surface area contributed by atoms with Crippen molar-refractivity contribution in [3.8, 4) is 0 Å². The zero-order valence-corrected chi connectivity index (χ0v) is 12.1. The van der Waals surface area contributed by atoms with Crippen molar-refractivity contribution in [1.29, 1.82) is 0 Å². The molecule has 18 heavy (non-hydrogen) atoms. The number of hydrogen-bond acceptors (Lipinski definition) is 3. The highest BCUT2D eigenvalue weighted by atomic mass is 32.2. The van der Waals surface area contributed by atoms with Crippen LogP contribution in [0.5, 0.6) is 0 Å². The van der Waals surface area contributed by atoms with Crippen LogP contribution >= 0.6 is 0 Å². The minimum Gasteiger partial charge on any atom is -0.327 e. The highest BCUT2D eigenvalue weighted by Gasteiger charge is 2.51. The molecule has 0 saturated heterocycles. The predicted molar refractivity (Wildman–Crippen MR) is 72.9 cm³/mol. The van der Waals surface area contributed by atoms with Crippen LogP contribution in [0.2, 0.25) is 0 Å². The van der Waals surface area contributed by atoms with Crippen LogP contribution in [0.25, 0.3) is 0 Å². The van der Waals surface area contributed by atoms with Gasteiger partial charge in [-0.15, -0.1) is 0 Å². The molecule has 0 amide bonds. The lowest BCUT2D eigenvalue weighted by Gasteiger charge is -2.57. The first-order chi connectivity index (χ1) is 8.34. The summed E-state index contributed by atoms with van der Waals surface area (Å²) < 4.78 is 22.7. The first kappa shape index (κ1) is 12.9. The van der Waals surface area contributed by atoms with E-state index in [4.69, 9.17) is 5.73 Å². The summed E-state index contributed by atoms with van der Waals surface area (Å²) in [6.45, 7) is 0. The second-order valence-electron chi connectivity index (χ2n) is 7.47. The lowest BCUT2D eigenvalue weighted by Crippen LogP contribution is -2.49. The molecule has 0 aliphatic heterocycles. The summed E-state index contributed by atoms with van der Waals surface area (Å²) in [5.41, 5.74) is 6.50. The van der Waals surface area contributed by atoms with Crippen molar-refractivity contribution in [3.05, 3.63) is 0 Å². The van der Waals surface area contributed by atoms with E-state index in [1.807, 2.05) is 0 Å². The molecule has 4 heteroatoms. The Morgan fingerprint density at radius 2 is 1.56 bits per heavy atom. The number of sulfone groups is 1. The Balaban J connectivity index is 1.68. The van der Waals surface area contributed by atoms with Crippen molar-refractivity contribution in [2.45, 2.75) is 51.0 Å². The summed E-state index contributed by atoms with van der Waals surface area (Å²) in [7, 11) is -2.93. The molecule has 0 spiro atoms. The molecule has 1 unspecified atom stereocenters. The summed E-state index contributed by atoms with van der Waals surface area (Å²) in [6, 6.07) is -0.156. The van der Waals surface area contributed by atoms with Crippen molar-refractivity contribution < 1.29 is 8.42 Å². The van der Waals surface area contributed by atoms with Gasteiger partial charge in [-0.2, -0.15) is 0 Å². The van der Waals surface area contributed by atoms with Crippen LogP contribution in [0.1, 0.15) is 44.9 Å². The van der Waals surface area contributed by atoms with Crippen LogP contribution < -0.4 is 5.73 Å². The standard InChI is InChI=1S/C14H25NO2S/c1-18(16,17)9-13(15)8-14-5-10-2-11(6-14)4-12(3-10)7-14/h10-13H,2-9,15H2,1H3. The molecule has 0 radical (unpaired) electrons. The maximum atomic E-state index is 11.3. The first-order valence-electron chi connectivity index (χ1n) is 7.27. The Kier molecular flexibility index (Phi) is 3.02. The Morgan fingerprint density at radius 3 is 1.94 bits per heavy atom. The fraction of sp³-hybridized carbons (Fsp3) is 1.00. The highest BCUT2D eigenvalue weighted by Crippen LogP contribution is 2.61. The van der Waals surface area contributed by atoms with E-state index in [1.54, 1.807) is 0 Å². The van der Waals surface area contributed by atoms with Crippen LogP contribution in [0.3, 0.4) is 0 Å². The Labute approximate surface area is 110 Å². The van der Waals surface area contributed by atoms with Gasteiger partial charge >= 0.3 is 0 Å². The van der Waals surface area contributed by atoms with Crippen LogP contribution in [-0.4, -0.2) is 26.5 Å². The molecule has 3 nitrogen and oxygen atoms in total. The lowest BCUT2D eigenvalue weighted by atomic mass is 9.48. The average Bonchev–Trinajstić information content (AvgIpc) is 2.09. The van der Waals surface area contributed by atoms with Crippen molar-refractivity contribution >= 4 is 9.84 Å². The maximum absolute atomic E-state index is 11.3. The van der Waals surface area contributed by atoms with Gasteiger partial charge in [-0.05, 0) is 68.1 Å². The number of nitrogens with two attached hydrogens (primary N) is 1. The highest BCUT2D eigenvalue weighted by molar-refractivity contribution is 7.90. The van der Waals surface area contributed by atoms with E-state index in [0.29, 0.717) is 5.41 Å². The molecular formula is C14H25NO2S.